The molecule has 0 radical (unpaired) electrons. The molecular weight excluding hydrogens is 118 g/mol. The summed E-state index contributed by atoms with van der Waals surface area (Å²) in [6.07, 6.45) is 3.60. The third kappa shape index (κ3) is 1.98. The third-order valence-electron chi connectivity index (χ3n) is 0.809. The molecule has 1 aromatic rings. The molecule has 0 aliphatic carbocycles. The van der Waals surface area contributed by atoms with E-state index in [-0.39, 0.29) is 13.5 Å². The molecule has 0 aliphatic heterocycles. The van der Waals surface area contributed by atoms with Gasteiger partial charge in [-0.15, -0.1) is 0 Å². The zero-order valence-electron chi connectivity index (χ0n) is 4.76. The average molecular weight is 127 g/mol. The smallest absolute Gasteiger partial charge is 0.0297 e. The minimum Gasteiger partial charge on any atom is -0.264 e. The Labute approximate surface area is 56.2 Å². The molecule has 0 atom stereocenters. The Bertz CT molecular complexity index is 138. The van der Waals surface area contributed by atoms with Crippen molar-refractivity contribution in [2.45, 2.75) is 6.92 Å². The van der Waals surface area contributed by atoms with Crippen LogP contribution in [0.2, 0.25) is 0 Å². The number of aryl methyl sites for hydroxylation is 1. The second-order valence-corrected chi connectivity index (χ2v) is 1.53. The van der Waals surface area contributed by atoms with Gasteiger partial charge in [0, 0.05) is 12.4 Å². The maximum atomic E-state index is 3.88. The van der Waals surface area contributed by atoms with Crippen LogP contribution in [0.1, 0.15) is 5.56 Å². The minimum atomic E-state index is 0. The van der Waals surface area contributed by atoms with Gasteiger partial charge in [0.1, 0.15) is 0 Å². The van der Waals surface area contributed by atoms with Gasteiger partial charge in [0.05, 0.1) is 0 Å². The summed E-state index contributed by atoms with van der Waals surface area (Å²) in [5.41, 5.74) is 1.21. The van der Waals surface area contributed by atoms with Crippen molar-refractivity contribution in [2.75, 3.05) is 0 Å². The lowest BCUT2D eigenvalue weighted by molar-refractivity contribution is 1.27. The molecule has 0 aliphatic rings. The first-order valence-electron chi connectivity index (χ1n) is 2.26. The molecule has 44 valence electrons. The van der Waals surface area contributed by atoms with E-state index in [4.69, 9.17) is 0 Å². The highest BCUT2D eigenvalue weighted by Crippen LogP contribution is 1.88. The van der Waals surface area contributed by atoms with Crippen LogP contribution >= 0.6 is 13.5 Å². The Hall–Kier alpha value is -0.500. The highest BCUT2D eigenvalue weighted by molar-refractivity contribution is 7.59. The lowest BCUT2D eigenvalue weighted by Crippen LogP contribution is -1.69. The first-order valence-corrected chi connectivity index (χ1v) is 2.26. The van der Waals surface area contributed by atoms with Crippen molar-refractivity contribution >= 4 is 13.5 Å². The van der Waals surface area contributed by atoms with Gasteiger partial charge in [-0.1, -0.05) is 6.07 Å². The molecular formula is C6H9NS. The van der Waals surface area contributed by atoms with Crippen LogP contribution in [-0.2, 0) is 0 Å². The van der Waals surface area contributed by atoms with E-state index in [1.54, 1.807) is 6.20 Å². The Morgan fingerprint density at radius 3 is 2.50 bits per heavy atom. The lowest BCUT2D eigenvalue weighted by atomic mass is 10.3. The number of hydrogen-bond acceptors (Lipinski definition) is 1. The molecule has 0 bridgehead atoms. The topological polar surface area (TPSA) is 12.9 Å². The summed E-state index contributed by atoms with van der Waals surface area (Å²) in [5.74, 6) is 0. The van der Waals surface area contributed by atoms with Crippen LogP contribution in [-0.4, -0.2) is 4.98 Å². The van der Waals surface area contributed by atoms with Gasteiger partial charge in [0.25, 0.3) is 0 Å². The van der Waals surface area contributed by atoms with Crippen LogP contribution in [0.4, 0.5) is 0 Å². The van der Waals surface area contributed by atoms with E-state index in [1.807, 2.05) is 25.3 Å². The van der Waals surface area contributed by atoms with Crippen molar-refractivity contribution in [3.63, 3.8) is 0 Å². The molecule has 0 fully saturated rings. The minimum absolute atomic E-state index is 0. The molecule has 0 saturated heterocycles. The van der Waals surface area contributed by atoms with Crippen LogP contribution in [0.15, 0.2) is 24.5 Å². The largest absolute Gasteiger partial charge is 0.264 e. The van der Waals surface area contributed by atoms with Crippen molar-refractivity contribution in [1.82, 2.24) is 4.98 Å². The van der Waals surface area contributed by atoms with Gasteiger partial charge in [-0.05, 0) is 18.6 Å². The van der Waals surface area contributed by atoms with Crippen molar-refractivity contribution in [1.29, 1.82) is 0 Å². The van der Waals surface area contributed by atoms with Crippen molar-refractivity contribution in [2.24, 2.45) is 0 Å². The maximum absolute atomic E-state index is 3.88. The summed E-state index contributed by atoms with van der Waals surface area (Å²) >= 11 is 0. The zero-order valence-corrected chi connectivity index (χ0v) is 5.76. The highest BCUT2D eigenvalue weighted by Gasteiger charge is 1.73. The Kier molecular flexibility index (Phi) is 3.28. The number of hydrogen-bond donors (Lipinski definition) is 0. The van der Waals surface area contributed by atoms with Crippen LogP contribution in [0.25, 0.3) is 0 Å². The summed E-state index contributed by atoms with van der Waals surface area (Å²) in [4.78, 5) is 3.88. The van der Waals surface area contributed by atoms with Gasteiger partial charge in [0.15, 0.2) is 0 Å². The lowest BCUT2D eigenvalue weighted by Gasteiger charge is -1.82. The fraction of sp³-hybridized carbons (Fsp3) is 0.167. The van der Waals surface area contributed by atoms with Crippen LogP contribution < -0.4 is 0 Å². The second kappa shape index (κ2) is 3.50. The van der Waals surface area contributed by atoms with E-state index in [0.29, 0.717) is 0 Å². The van der Waals surface area contributed by atoms with Gasteiger partial charge >= 0.3 is 0 Å². The van der Waals surface area contributed by atoms with Gasteiger partial charge in [-0.2, -0.15) is 13.5 Å². The standard InChI is InChI=1S/C6H7N.H2S/c1-6-3-2-4-7-5-6;/h2-5H,1H3;1H2. The Balaban J connectivity index is 0.000000490. The van der Waals surface area contributed by atoms with Crippen LogP contribution in [0.3, 0.4) is 0 Å². The molecule has 0 unspecified atom stereocenters. The van der Waals surface area contributed by atoms with Crippen LogP contribution in [0.5, 0.6) is 0 Å². The summed E-state index contributed by atoms with van der Waals surface area (Å²) in [6.45, 7) is 2.02. The van der Waals surface area contributed by atoms with E-state index in [1.165, 1.54) is 5.56 Å². The van der Waals surface area contributed by atoms with E-state index >= 15 is 0 Å². The number of rotatable bonds is 0. The zero-order chi connectivity index (χ0) is 5.11. The third-order valence-corrected chi connectivity index (χ3v) is 0.809. The molecule has 1 aromatic heterocycles. The van der Waals surface area contributed by atoms with Gasteiger partial charge < -0.3 is 0 Å². The SMILES string of the molecule is Cc1cccnc1.S. The molecule has 8 heavy (non-hydrogen) atoms. The quantitative estimate of drug-likeness (QED) is 0.514. The second-order valence-electron chi connectivity index (χ2n) is 1.53. The summed E-state index contributed by atoms with van der Waals surface area (Å²) in [5, 5.41) is 0. The van der Waals surface area contributed by atoms with Crippen molar-refractivity contribution < 1.29 is 0 Å². The maximum Gasteiger partial charge on any atom is 0.0297 e. The van der Waals surface area contributed by atoms with Gasteiger partial charge in [-0.25, -0.2) is 0 Å². The fourth-order valence-corrected chi connectivity index (χ4v) is 0.448. The average Bonchev–Trinajstić information content (AvgIpc) is 1.69. The summed E-state index contributed by atoms with van der Waals surface area (Å²) in [7, 11) is 0. The molecule has 1 rings (SSSR count). The van der Waals surface area contributed by atoms with Crippen molar-refractivity contribution in [3.8, 4) is 0 Å². The molecule has 2 heteroatoms. The van der Waals surface area contributed by atoms with Gasteiger partial charge in [-0.3, -0.25) is 4.98 Å². The first kappa shape index (κ1) is 7.50. The summed E-state index contributed by atoms with van der Waals surface area (Å²) < 4.78 is 0. The predicted molar refractivity (Wildman–Crippen MR) is 39.4 cm³/mol. The van der Waals surface area contributed by atoms with E-state index in [2.05, 4.69) is 4.98 Å². The Morgan fingerprint density at radius 1 is 1.50 bits per heavy atom. The highest BCUT2D eigenvalue weighted by atomic mass is 32.1. The molecule has 0 saturated carbocycles. The molecule has 0 N–H and O–H groups in total. The summed E-state index contributed by atoms with van der Waals surface area (Å²) in [6, 6.07) is 3.95. The van der Waals surface area contributed by atoms with E-state index in [0.717, 1.165) is 0 Å². The van der Waals surface area contributed by atoms with Gasteiger partial charge in [0.2, 0.25) is 0 Å². The number of nitrogens with zero attached hydrogens (tertiary/aromatic N) is 1. The fourth-order valence-electron chi connectivity index (χ4n) is 0.448. The molecule has 1 heterocycles. The molecule has 0 spiro atoms. The number of pyridine rings is 1. The van der Waals surface area contributed by atoms with E-state index in [9.17, 15) is 0 Å². The molecule has 0 aromatic carbocycles. The first-order chi connectivity index (χ1) is 3.39. The van der Waals surface area contributed by atoms with E-state index < -0.39 is 0 Å². The number of aromatic nitrogens is 1. The normalized spacial score (nSPS) is 7.62. The molecule has 0 amide bonds. The molecule has 1 nitrogen and oxygen atoms in total. The monoisotopic (exact) mass is 127 g/mol. The predicted octanol–water partition coefficient (Wildman–Crippen LogP) is 1.50. The Morgan fingerprint density at radius 2 is 2.25 bits per heavy atom. The van der Waals surface area contributed by atoms with Crippen molar-refractivity contribution in [3.05, 3.63) is 30.1 Å². The van der Waals surface area contributed by atoms with Crippen LogP contribution in [0, 0.1) is 6.92 Å².